The van der Waals surface area contributed by atoms with Crippen LogP contribution in [0.25, 0.3) is 0 Å². The Kier molecular flexibility index (Phi) is 6.06. The van der Waals surface area contributed by atoms with Gasteiger partial charge >= 0.3 is 0 Å². The number of likely N-dealkylation sites (tertiary alicyclic amines) is 1. The lowest BCUT2D eigenvalue weighted by Gasteiger charge is -2.40. The zero-order valence-corrected chi connectivity index (χ0v) is 16.7. The quantitative estimate of drug-likeness (QED) is 0.308. The third-order valence-electron chi connectivity index (χ3n) is 4.88. The Labute approximate surface area is 163 Å². The van der Waals surface area contributed by atoms with Crippen molar-refractivity contribution in [2.75, 3.05) is 18.0 Å². The lowest BCUT2D eigenvalue weighted by atomic mass is 9.90. The predicted molar refractivity (Wildman–Crippen MR) is 113 cm³/mol. The van der Waals surface area contributed by atoms with Crippen molar-refractivity contribution in [3.63, 3.8) is 0 Å². The summed E-state index contributed by atoms with van der Waals surface area (Å²) in [6.45, 7) is 3.16. The topological polar surface area (TPSA) is 64.5 Å². The Morgan fingerprint density at radius 1 is 1.16 bits per heavy atom. The van der Waals surface area contributed by atoms with E-state index in [0.717, 1.165) is 24.6 Å². The largest absolute Gasteiger partial charge is 0.475 e. The summed E-state index contributed by atoms with van der Waals surface area (Å²) in [6.07, 6.45) is 3.57. The van der Waals surface area contributed by atoms with Crippen molar-refractivity contribution in [3.8, 4) is 5.75 Å². The Bertz CT molecular complexity index is 695. The number of anilines is 2. The number of hydrogen-bond acceptors (Lipinski definition) is 4. The smallest absolute Gasteiger partial charge is 0.150 e. The molecule has 2 aromatic carbocycles. The van der Waals surface area contributed by atoms with Crippen LogP contribution >= 0.6 is 22.6 Å². The fourth-order valence-electron chi connectivity index (χ4n) is 3.43. The van der Waals surface area contributed by atoms with Crippen molar-refractivity contribution < 1.29 is 4.74 Å². The van der Waals surface area contributed by atoms with Crippen molar-refractivity contribution in [3.05, 3.63) is 54.1 Å². The molecular weight excluding hydrogens is 425 g/mol. The minimum atomic E-state index is 0.0163. The van der Waals surface area contributed by atoms with Gasteiger partial charge in [0.15, 0.2) is 6.23 Å². The number of benzene rings is 2. The highest BCUT2D eigenvalue weighted by Crippen LogP contribution is 2.32. The van der Waals surface area contributed by atoms with Crippen LogP contribution in [0.3, 0.4) is 0 Å². The summed E-state index contributed by atoms with van der Waals surface area (Å²) >= 11 is 2.55. The first-order valence-electron chi connectivity index (χ1n) is 8.78. The monoisotopic (exact) mass is 451 g/mol. The average Bonchev–Trinajstić information content (AvgIpc) is 2.59. The number of nitrogen functional groups attached to an aromatic ring is 2. The Hall–Kier alpha value is -1.47. The van der Waals surface area contributed by atoms with Gasteiger partial charge in [-0.15, -0.1) is 0 Å². The average molecular weight is 451 g/mol. The van der Waals surface area contributed by atoms with Crippen molar-refractivity contribution in [2.45, 2.75) is 36.5 Å². The van der Waals surface area contributed by atoms with Gasteiger partial charge < -0.3 is 16.2 Å². The number of halogens is 1. The molecular formula is C20H26IN3O. The molecule has 3 rings (SSSR count). The molecule has 3 atom stereocenters. The van der Waals surface area contributed by atoms with Crippen LogP contribution in [0.4, 0.5) is 11.4 Å². The third kappa shape index (κ3) is 4.79. The number of rotatable bonds is 5. The van der Waals surface area contributed by atoms with E-state index in [1.807, 2.05) is 6.07 Å². The zero-order chi connectivity index (χ0) is 17.8. The van der Waals surface area contributed by atoms with Crippen LogP contribution in [0.5, 0.6) is 5.75 Å². The SMILES string of the molecule is CC(Oc1ccc(N)c(N)c1)N1CCC(Cc2ccccc2)CC1I. The van der Waals surface area contributed by atoms with Gasteiger partial charge in [-0.2, -0.15) is 0 Å². The summed E-state index contributed by atoms with van der Waals surface area (Å²) in [5.41, 5.74) is 14.2. The summed E-state index contributed by atoms with van der Waals surface area (Å²) in [4.78, 5) is 2.43. The first kappa shape index (κ1) is 18.3. The second-order valence-electron chi connectivity index (χ2n) is 6.76. The second-order valence-corrected chi connectivity index (χ2v) is 8.20. The number of piperidine rings is 1. The van der Waals surface area contributed by atoms with Crippen LogP contribution in [0.2, 0.25) is 0 Å². The van der Waals surface area contributed by atoms with Gasteiger partial charge in [0.1, 0.15) is 5.75 Å². The van der Waals surface area contributed by atoms with Gasteiger partial charge in [0.25, 0.3) is 0 Å². The van der Waals surface area contributed by atoms with Gasteiger partial charge in [-0.3, -0.25) is 4.90 Å². The summed E-state index contributed by atoms with van der Waals surface area (Å²) in [5, 5.41) is 0. The van der Waals surface area contributed by atoms with Gasteiger partial charge in [-0.1, -0.05) is 52.9 Å². The molecule has 134 valence electrons. The maximum atomic E-state index is 6.10. The molecule has 1 aliphatic rings. The molecule has 0 aliphatic carbocycles. The third-order valence-corrected chi connectivity index (χ3v) is 6.11. The van der Waals surface area contributed by atoms with Gasteiger partial charge in [0.2, 0.25) is 0 Å². The highest BCUT2D eigenvalue weighted by atomic mass is 127. The lowest BCUT2D eigenvalue weighted by molar-refractivity contribution is 0.00893. The Morgan fingerprint density at radius 2 is 1.92 bits per heavy atom. The van der Waals surface area contributed by atoms with Crippen LogP contribution in [0, 0.1) is 5.92 Å². The molecule has 0 amide bonds. The molecule has 0 spiro atoms. The fraction of sp³-hybridized carbons (Fsp3) is 0.400. The van der Waals surface area contributed by atoms with Crippen LogP contribution in [0.1, 0.15) is 25.3 Å². The van der Waals surface area contributed by atoms with Crippen molar-refractivity contribution in [2.24, 2.45) is 5.92 Å². The number of alkyl halides is 1. The van der Waals surface area contributed by atoms with Crippen LogP contribution < -0.4 is 16.2 Å². The van der Waals surface area contributed by atoms with Crippen molar-refractivity contribution in [1.82, 2.24) is 4.90 Å². The first-order valence-corrected chi connectivity index (χ1v) is 10.0. The zero-order valence-electron chi connectivity index (χ0n) is 14.6. The number of nitrogens with zero attached hydrogens (tertiary/aromatic N) is 1. The summed E-state index contributed by atoms with van der Waals surface area (Å²) in [7, 11) is 0. The molecule has 0 bridgehead atoms. The normalized spacial score (nSPS) is 22.5. The minimum absolute atomic E-state index is 0.0163. The highest BCUT2D eigenvalue weighted by Gasteiger charge is 2.30. The highest BCUT2D eigenvalue weighted by molar-refractivity contribution is 14.1. The molecule has 0 radical (unpaired) electrons. The molecule has 1 aliphatic heterocycles. The van der Waals surface area contributed by atoms with Gasteiger partial charge in [0.05, 0.1) is 15.4 Å². The predicted octanol–water partition coefficient (Wildman–Crippen LogP) is 4.29. The van der Waals surface area contributed by atoms with E-state index in [9.17, 15) is 0 Å². The minimum Gasteiger partial charge on any atom is -0.475 e. The van der Waals surface area contributed by atoms with E-state index in [2.05, 4.69) is 64.7 Å². The van der Waals surface area contributed by atoms with Crippen molar-refractivity contribution >= 4 is 34.0 Å². The van der Waals surface area contributed by atoms with Gasteiger partial charge in [-0.05, 0) is 49.8 Å². The number of nitrogens with two attached hydrogens (primary N) is 2. The van der Waals surface area contributed by atoms with E-state index in [-0.39, 0.29) is 6.23 Å². The van der Waals surface area contributed by atoms with E-state index >= 15 is 0 Å². The fourth-order valence-corrected chi connectivity index (χ4v) is 4.88. The molecule has 4 N–H and O–H groups in total. The molecule has 25 heavy (non-hydrogen) atoms. The maximum absolute atomic E-state index is 6.10. The van der Waals surface area contributed by atoms with Crippen molar-refractivity contribution in [1.29, 1.82) is 0 Å². The first-order chi connectivity index (χ1) is 12.0. The lowest BCUT2D eigenvalue weighted by Crippen LogP contribution is -2.47. The standard InChI is InChI=1S/C20H26IN3O/c1-14(25-17-7-8-18(22)19(23)13-17)24-10-9-16(12-20(24)21)11-15-5-3-2-4-6-15/h2-8,13-14,16,20H,9-12,22-23H2,1H3. The molecule has 2 aromatic rings. The molecule has 1 fully saturated rings. The molecule has 1 saturated heterocycles. The molecule has 5 heteroatoms. The maximum Gasteiger partial charge on any atom is 0.150 e. The summed E-state index contributed by atoms with van der Waals surface area (Å²) in [5.74, 6) is 1.51. The molecule has 3 unspecified atom stereocenters. The van der Waals surface area contributed by atoms with Gasteiger partial charge in [0, 0.05) is 12.6 Å². The number of hydrogen-bond donors (Lipinski definition) is 2. The summed E-state index contributed by atoms with van der Waals surface area (Å²) < 4.78 is 6.57. The van der Waals surface area contributed by atoms with Crippen LogP contribution in [0.15, 0.2) is 48.5 Å². The van der Waals surface area contributed by atoms with Gasteiger partial charge in [-0.25, -0.2) is 0 Å². The van der Waals surface area contributed by atoms with E-state index in [0.29, 0.717) is 15.4 Å². The van der Waals surface area contributed by atoms with E-state index in [4.69, 9.17) is 16.2 Å². The molecule has 4 nitrogen and oxygen atoms in total. The van der Waals surface area contributed by atoms with Crippen LogP contribution in [-0.4, -0.2) is 21.7 Å². The Balaban J connectivity index is 1.56. The number of ether oxygens (including phenoxy) is 1. The summed E-state index contributed by atoms with van der Waals surface area (Å²) in [6, 6.07) is 16.3. The van der Waals surface area contributed by atoms with E-state index < -0.39 is 0 Å². The van der Waals surface area contributed by atoms with E-state index in [1.54, 1.807) is 12.1 Å². The Morgan fingerprint density at radius 3 is 2.60 bits per heavy atom. The van der Waals surface area contributed by atoms with Crippen LogP contribution in [-0.2, 0) is 6.42 Å². The van der Waals surface area contributed by atoms with E-state index in [1.165, 1.54) is 18.4 Å². The molecule has 1 heterocycles. The second kappa shape index (κ2) is 8.27. The molecule has 0 saturated carbocycles. The molecule has 0 aromatic heterocycles.